The summed E-state index contributed by atoms with van der Waals surface area (Å²) in [6.45, 7) is 4.14. The highest BCUT2D eigenvalue weighted by atomic mass is 32.2. The molecule has 0 amide bonds. The summed E-state index contributed by atoms with van der Waals surface area (Å²) < 4.78 is 2.13. The summed E-state index contributed by atoms with van der Waals surface area (Å²) in [5, 5.41) is 3.37. The first-order valence-electron chi connectivity index (χ1n) is 5.62. The molecule has 1 aromatic rings. The molecule has 0 saturated heterocycles. The van der Waals surface area contributed by atoms with Crippen molar-refractivity contribution in [3.05, 3.63) is 12.4 Å². The molecule has 0 radical (unpaired) electrons. The summed E-state index contributed by atoms with van der Waals surface area (Å²) in [6, 6.07) is 0. The standard InChI is InChI=1S/C11H21N3S/c1-3-14-9-8-13-11(14)12-7-5-4-6-10-15-2/h8-9H,3-7,10H2,1-2H3,(H,12,13). The third kappa shape index (κ3) is 4.60. The summed E-state index contributed by atoms with van der Waals surface area (Å²) in [6.07, 6.45) is 9.88. The van der Waals surface area contributed by atoms with Crippen molar-refractivity contribution in [2.45, 2.75) is 32.7 Å². The van der Waals surface area contributed by atoms with E-state index in [1.165, 1.54) is 25.0 Å². The molecule has 0 bridgehead atoms. The van der Waals surface area contributed by atoms with E-state index in [-0.39, 0.29) is 0 Å². The second-order valence-electron chi connectivity index (χ2n) is 3.52. The van der Waals surface area contributed by atoms with Gasteiger partial charge in [0.25, 0.3) is 0 Å². The molecule has 0 aliphatic rings. The average molecular weight is 227 g/mol. The van der Waals surface area contributed by atoms with E-state index >= 15 is 0 Å². The summed E-state index contributed by atoms with van der Waals surface area (Å²) in [5.41, 5.74) is 0. The van der Waals surface area contributed by atoms with Crippen molar-refractivity contribution in [3.63, 3.8) is 0 Å². The van der Waals surface area contributed by atoms with E-state index in [4.69, 9.17) is 0 Å². The first-order valence-corrected chi connectivity index (χ1v) is 7.01. The predicted molar refractivity (Wildman–Crippen MR) is 68.6 cm³/mol. The first-order chi connectivity index (χ1) is 7.38. The Balaban J connectivity index is 2.09. The van der Waals surface area contributed by atoms with Gasteiger partial charge in [0, 0.05) is 25.5 Å². The normalized spacial score (nSPS) is 10.5. The number of imidazole rings is 1. The number of anilines is 1. The minimum Gasteiger partial charge on any atom is -0.356 e. The van der Waals surface area contributed by atoms with Gasteiger partial charge in [0.15, 0.2) is 0 Å². The second kappa shape index (κ2) is 7.63. The van der Waals surface area contributed by atoms with Gasteiger partial charge in [-0.2, -0.15) is 11.8 Å². The Bertz CT molecular complexity index is 260. The largest absolute Gasteiger partial charge is 0.356 e. The van der Waals surface area contributed by atoms with Crippen molar-refractivity contribution in [1.29, 1.82) is 0 Å². The predicted octanol–water partition coefficient (Wildman–Crippen LogP) is 2.85. The molecule has 0 aromatic carbocycles. The molecule has 15 heavy (non-hydrogen) atoms. The van der Waals surface area contributed by atoms with Crippen molar-refractivity contribution < 1.29 is 0 Å². The number of nitrogens with one attached hydrogen (secondary N) is 1. The number of hydrogen-bond donors (Lipinski definition) is 1. The second-order valence-corrected chi connectivity index (χ2v) is 4.50. The lowest BCUT2D eigenvalue weighted by Gasteiger charge is -2.07. The zero-order chi connectivity index (χ0) is 10.9. The molecule has 1 heterocycles. The number of nitrogens with zero attached hydrogens (tertiary/aromatic N) is 2. The van der Waals surface area contributed by atoms with E-state index < -0.39 is 0 Å². The maximum atomic E-state index is 4.27. The molecular formula is C11H21N3S. The van der Waals surface area contributed by atoms with Crippen molar-refractivity contribution in [1.82, 2.24) is 9.55 Å². The van der Waals surface area contributed by atoms with Crippen molar-refractivity contribution >= 4 is 17.7 Å². The van der Waals surface area contributed by atoms with Crippen LogP contribution in [0.1, 0.15) is 26.2 Å². The fourth-order valence-corrected chi connectivity index (χ4v) is 1.97. The Labute approximate surface area is 96.7 Å². The molecule has 3 nitrogen and oxygen atoms in total. The van der Waals surface area contributed by atoms with E-state index in [1.54, 1.807) is 0 Å². The number of aromatic nitrogens is 2. The maximum Gasteiger partial charge on any atom is 0.202 e. The van der Waals surface area contributed by atoms with Crippen molar-refractivity contribution in [2.75, 3.05) is 23.9 Å². The Kier molecular flexibility index (Phi) is 6.32. The zero-order valence-electron chi connectivity index (χ0n) is 9.70. The van der Waals surface area contributed by atoms with Gasteiger partial charge >= 0.3 is 0 Å². The minimum atomic E-state index is 0.981. The van der Waals surface area contributed by atoms with Gasteiger partial charge in [0.1, 0.15) is 0 Å². The molecule has 1 aromatic heterocycles. The average Bonchev–Trinajstić information content (AvgIpc) is 2.70. The van der Waals surface area contributed by atoms with E-state index in [2.05, 4.69) is 28.0 Å². The molecule has 0 aliphatic carbocycles. The molecule has 4 heteroatoms. The lowest BCUT2D eigenvalue weighted by atomic mass is 10.2. The van der Waals surface area contributed by atoms with E-state index in [9.17, 15) is 0 Å². The molecule has 86 valence electrons. The number of hydrogen-bond acceptors (Lipinski definition) is 3. The molecule has 0 unspecified atom stereocenters. The number of aryl methyl sites for hydroxylation is 1. The molecule has 0 spiro atoms. The Hall–Kier alpha value is -0.640. The third-order valence-electron chi connectivity index (χ3n) is 2.36. The first kappa shape index (κ1) is 12.4. The van der Waals surface area contributed by atoms with Gasteiger partial charge in [-0.3, -0.25) is 0 Å². The van der Waals surface area contributed by atoms with Crippen LogP contribution in [0.4, 0.5) is 5.95 Å². The lowest BCUT2D eigenvalue weighted by molar-refractivity contribution is 0.725. The number of rotatable bonds is 8. The highest BCUT2D eigenvalue weighted by molar-refractivity contribution is 7.98. The van der Waals surface area contributed by atoms with E-state index in [1.807, 2.05) is 24.2 Å². The smallest absolute Gasteiger partial charge is 0.202 e. The lowest BCUT2D eigenvalue weighted by Crippen LogP contribution is -2.07. The molecule has 0 aliphatic heterocycles. The van der Waals surface area contributed by atoms with Crippen LogP contribution in [0.3, 0.4) is 0 Å². The summed E-state index contributed by atoms with van der Waals surface area (Å²) in [5.74, 6) is 2.28. The van der Waals surface area contributed by atoms with Crippen LogP contribution in [-0.2, 0) is 6.54 Å². The van der Waals surface area contributed by atoms with Gasteiger partial charge in [-0.25, -0.2) is 4.98 Å². The SMILES string of the molecule is CCn1ccnc1NCCCCCSC. The van der Waals surface area contributed by atoms with Crippen molar-refractivity contribution in [3.8, 4) is 0 Å². The fraction of sp³-hybridized carbons (Fsp3) is 0.727. The molecule has 0 atom stereocenters. The molecule has 0 fully saturated rings. The van der Waals surface area contributed by atoms with Crippen LogP contribution in [0.15, 0.2) is 12.4 Å². The van der Waals surface area contributed by atoms with Gasteiger partial charge < -0.3 is 9.88 Å². The molecule has 1 N–H and O–H groups in total. The number of thioether (sulfide) groups is 1. The fourth-order valence-electron chi connectivity index (χ4n) is 1.48. The molecule has 0 saturated carbocycles. The summed E-state index contributed by atoms with van der Waals surface area (Å²) in [4.78, 5) is 4.27. The zero-order valence-corrected chi connectivity index (χ0v) is 10.5. The van der Waals surface area contributed by atoms with Crippen LogP contribution in [0.25, 0.3) is 0 Å². The van der Waals surface area contributed by atoms with Gasteiger partial charge in [-0.15, -0.1) is 0 Å². The van der Waals surface area contributed by atoms with Gasteiger partial charge in [0.2, 0.25) is 5.95 Å². The Morgan fingerprint density at radius 1 is 1.40 bits per heavy atom. The Morgan fingerprint density at radius 2 is 2.27 bits per heavy atom. The minimum absolute atomic E-state index is 0.981. The maximum absolute atomic E-state index is 4.27. The summed E-state index contributed by atoms with van der Waals surface area (Å²) in [7, 11) is 0. The molecule has 1 rings (SSSR count). The topological polar surface area (TPSA) is 29.9 Å². The van der Waals surface area contributed by atoms with Gasteiger partial charge in [-0.1, -0.05) is 6.42 Å². The van der Waals surface area contributed by atoms with Crippen LogP contribution in [0.5, 0.6) is 0 Å². The van der Waals surface area contributed by atoms with E-state index in [0.29, 0.717) is 0 Å². The van der Waals surface area contributed by atoms with Gasteiger partial charge in [-0.05, 0) is 31.8 Å². The highest BCUT2D eigenvalue weighted by Crippen LogP contribution is 2.05. The highest BCUT2D eigenvalue weighted by Gasteiger charge is 1.98. The molecular weight excluding hydrogens is 206 g/mol. The quantitative estimate of drug-likeness (QED) is 0.693. The van der Waals surface area contributed by atoms with Crippen LogP contribution in [-0.4, -0.2) is 28.1 Å². The number of unbranched alkanes of at least 4 members (excludes halogenated alkanes) is 2. The third-order valence-corrected chi connectivity index (χ3v) is 3.06. The van der Waals surface area contributed by atoms with E-state index in [0.717, 1.165) is 19.0 Å². The van der Waals surface area contributed by atoms with Crippen molar-refractivity contribution in [2.24, 2.45) is 0 Å². The van der Waals surface area contributed by atoms with Crippen LogP contribution >= 0.6 is 11.8 Å². The van der Waals surface area contributed by atoms with Crippen LogP contribution < -0.4 is 5.32 Å². The van der Waals surface area contributed by atoms with Crippen LogP contribution in [0.2, 0.25) is 0 Å². The summed E-state index contributed by atoms with van der Waals surface area (Å²) >= 11 is 1.93. The Morgan fingerprint density at radius 3 is 3.00 bits per heavy atom. The van der Waals surface area contributed by atoms with Gasteiger partial charge in [0.05, 0.1) is 0 Å². The monoisotopic (exact) mass is 227 g/mol. The van der Waals surface area contributed by atoms with Crippen LogP contribution in [0, 0.1) is 0 Å².